The number of nitrogens with zero attached hydrogens (tertiary/aromatic N) is 2. The molecule has 0 aliphatic heterocycles. The Hall–Kier alpha value is -1.71. The molecule has 4 heteroatoms. The van der Waals surface area contributed by atoms with Crippen molar-refractivity contribution in [2.75, 3.05) is 12.8 Å². The number of pyridine rings is 1. The van der Waals surface area contributed by atoms with Crippen LogP contribution in [-0.4, -0.2) is 16.5 Å². The van der Waals surface area contributed by atoms with Crippen molar-refractivity contribution in [3.05, 3.63) is 24.2 Å². The summed E-state index contributed by atoms with van der Waals surface area (Å²) in [5.74, 6) is 1.35. The van der Waals surface area contributed by atoms with Crippen molar-refractivity contribution < 1.29 is 4.74 Å². The minimum Gasteiger partial charge on any atom is -0.494 e. The molecule has 1 fully saturated rings. The highest BCUT2D eigenvalue weighted by molar-refractivity contribution is 5.59. The highest BCUT2D eigenvalue weighted by atomic mass is 16.5. The van der Waals surface area contributed by atoms with Crippen molar-refractivity contribution in [3.8, 4) is 5.75 Å². The molecule has 0 amide bonds. The second-order valence-electron chi connectivity index (χ2n) is 4.00. The van der Waals surface area contributed by atoms with Gasteiger partial charge in [-0.3, -0.25) is 0 Å². The van der Waals surface area contributed by atoms with Gasteiger partial charge < -0.3 is 14.9 Å². The zero-order valence-corrected chi connectivity index (χ0v) is 8.60. The number of ether oxygens (including phenoxy) is 1. The number of hydrogen-bond donors (Lipinski definition) is 1. The van der Waals surface area contributed by atoms with Crippen LogP contribution in [0.1, 0.15) is 24.5 Å². The third-order valence-electron chi connectivity index (χ3n) is 2.82. The van der Waals surface area contributed by atoms with Gasteiger partial charge in [0.15, 0.2) is 0 Å². The number of imidazole rings is 1. The van der Waals surface area contributed by atoms with Crippen LogP contribution in [0.15, 0.2) is 18.5 Å². The largest absolute Gasteiger partial charge is 0.494 e. The first kappa shape index (κ1) is 8.59. The molecule has 0 atom stereocenters. The van der Waals surface area contributed by atoms with Crippen LogP contribution in [0.4, 0.5) is 5.69 Å². The fourth-order valence-corrected chi connectivity index (χ4v) is 1.80. The van der Waals surface area contributed by atoms with E-state index in [4.69, 9.17) is 10.5 Å². The SMILES string of the molecule is COc1cc2nc(C3CC3)cn2cc1N. The molecule has 0 spiro atoms. The summed E-state index contributed by atoms with van der Waals surface area (Å²) >= 11 is 0. The molecule has 2 N–H and O–H groups in total. The zero-order chi connectivity index (χ0) is 10.4. The fourth-order valence-electron chi connectivity index (χ4n) is 1.80. The van der Waals surface area contributed by atoms with Crippen LogP contribution < -0.4 is 10.5 Å². The highest BCUT2D eigenvalue weighted by Gasteiger charge is 2.26. The molecule has 0 bridgehead atoms. The van der Waals surface area contributed by atoms with Crippen molar-refractivity contribution in [3.63, 3.8) is 0 Å². The van der Waals surface area contributed by atoms with Gasteiger partial charge in [0, 0.05) is 24.4 Å². The first-order valence-corrected chi connectivity index (χ1v) is 5.10. The molecule has 0 radical (unpaired) electrons. The van der Waals surface area contributed by atoms with Crippen LogP contribution >= 0.6 is 0 Å². The van der Waals surface area contributed by atoms with Crippen LogP contribution in [0.3, 0.4) is 0 Å². The van der Waals surface area contributed by atoms with E-state index in [0.29, 0.717) is 17.4 Å². The quantitative estimate of drug-likeness (QED) is 0.809. The van der Waals surface area contributed by atoms with Crippen LogP contribution in [0, 0.1) is 0 Å². The number of nitrogens with two attached hydrogens (primary N) is 1. The van der Waals surface area contributed by atoms with E-state index in [-0.39, 0.29) is 0 Å². The Morgan fingerprint density at radius 3 is 2.93 bits per heavy atom. The van der Waals surface area contributed by atoms with Crippen molar-refractivity contribution >= 4 is 11.3 Å². The minimum absolute atomic E-state index is 0.643. The molecule has 1 aliphatic rings. The second kappa shape index (κ2) is 2.89. The smallest absolute Gasteiger partial charge is 0.146 e. The maximum absolute atomic E-state index is 5.82. The van der Waals surface area contributed by atoms with E-state index >= 15 is 0 Å². The molecule has 3 rings (SSSR count). The molecule has 2 heterocycles. The van der Waals surface area contributed by atoms with E-state index < -0.39 is 0 Å². The molecular formula is C11H13N3O. The van der Waals surface area contributed by atoms with E-state index in [1.807, 2.05) is 16.7 Å². The molecule has 1 saturated carbocycles. The third kappa shape index (κ3) is 1.33. The summed E-state index contributed by atoms with van der Waals surface area (Å²) in [5.41, 5.74) is 8.54. The molecule has 4 nitrogen and oxygen atoms in total. The Morgan fingerprint density at radius 2 is 2.27 bits per heavy atom. The molecule has 2 aromatic heterocycles. The predicted octanol–water partition coefficient (Wildman–Crippen LogP) is 1.80. The summed E-state index contributed by atoms with van der Waals surface area (Å²) in [7, 11) is 1.62. The first-order chi connectivity index (χ1) is 7.28. The Morgan fingerprint density at radius 1 is 1.47 bits per heavy atom. The van der Waals surface area contributed by atoms with E-state index in [1.165, 1.54) is 18.5 Å². The molecule has 0 saturated heterocycles. The second-order valence-corrected chi connectivity index (χ2v) is 4.00. The van der Waals surface area contributed by atoms with Crippen LogP contribution in [0.25, 0.3) is 5.65 Å². The Labute approximate surface area is 87.7 Å². The van der Waals surface area contributed by atoms with Crippen LogP contribution in [-0.2, 0) is 0 Å². The summed E-state index contributed by atoms with van der Waals surface area (Å²) < 4.78 is 7.12. The van der Waals surface area contributed by atoms with Gasteiger partial charge in [-0.1, -0.05) is 0 Å². The van der Waals surface area contributed by atoms with Crippen molar-refractivity contribution in [1.29, 1.82) is 0 Å². The normalized spacial score (nSPS) is 15.8. The average molecular weight is 203 g/mol. The minimum atomic E-state index is 0.643. The molecule has 1 aliphatic carbocycles. The number of methoxy groups -OCH3 is 1. The maximum Gasteiger partial charge on any atom is 0.146 e. The molecule has 15 heavy (non-hydrogen) atoms. The molecule has 0 unspecified atom stereocenters. The third-order valence-corrected chi connectivity index (χ3v) is 2.82. The number of aromatic nitrogens is 2. The van der Waals surface area contributed by atoms with Gasteiger partial charge in [0.25, 0.3) is 0 Å². The first-order valence-electron chi connectivity index (χ1n) is 5.10. The highest BCUT2D eigenvalue weighted by Crippen LogP contribution is 2.39. The number of anilines is 1. The fraction of sp³-hybridized carbons (Fsp3) is 0.364. The van der Waals surface area contributed by atoms with Gasteiger partial charge in [-0.15, -0.1) is 0 Å². The van der Waals surface area contributed by atoms with Gasteiger partial charge in [0.2, 0.25) is 0 Å². The maximum atomic E-state index is 5.82. The van der Waals surface area contributed by atoms with E-state index in [1.54, 1.807) is 7.11 Å². The van der Waals surface area contributed by atoms with Gasteiger partial charge >= 0.3 is 0 Å². The summed E-state index contributed by atoms with van der Waals surface area (Å²) in [6.07, 6.45) is 6.43. The lowest BCUT2D eigenvalue weighted by Gasteiger charge is -2.03. The van der Waals surface area contributed by atoms with Gasteiger partial charge in [0.1, 0.15) is 11.4 Å². The lowest BCUT2D eigenvalue weighted by molar-refractivity contribution is 0.417. The number of nitrogen functional groups attached to an aromatic ring is 1. The van der Waals surface area contributed by atoms with Gasteiger partial charge in [-0.2, -0.15) is 0 Å². The topological polar surface area (TPSA) is 52.5 Å². The van der Waals surface area contributed by atoms with Gasteiger partial charge in [-0.05, 0) is 12.8 Å². The van der Waals surface area contributed by atoms with E-state index in [9.17, 15) is 0 Å². The van der Waals surface area contributed by atoms with Crippen molar-refractivity contribution in [2.24, 2.45) is 0 Å². The average Bonchev–Trinajstić information content (AvgIpc) is 2.99. The monoisotopic (exact) mass is 203 g/mol. The van der Waals surface area contributed by atoms with E-state index in [0.717, 1.165) is 5.65 Å². The lowest BCUT2D eigenvalue weighted by atomic mass is 10.3. The van der Waals surface area contributed by atoms with E-state index in [2.05, 4.69) is 11.2 Å². The van der Waals surface area contributed by atoms with Crippen LogP contribution in [0.2, 0.25) is 0 Å². The molecule has 78 valence electrons. The van der Waals surface area contributed by atoms with Crippen molar-refractivity contribution in [2.45, 2.75) is 18.8 Å². The predicted molar refractivity (Wildman–Crippen MR) is 58.1 cm³/mol. The van der Waals surface area contributed by atoms with Gasteiger partial charge in [-0.25, -0.2) is 4.98 Å². The Kier molecular flexibility index (Phi) is 1.65. The van der Waals surface area contributed by atoms with Gasteiger partial charge in [0.05, 0.1) is 18.5 Å². The van der Waals surface area contributed by atoms with Crippen LogP contribution in [0.5, 0.6) is 5.75 Å². The molecule has 2 aromatic rings. The molecular weight excluding hydrogens is 190 g/mol. The summed E-state index contributed by atoms with van der Waals surface area (Å²) in [5, 5.41) is 0. The Bertz CT molecular complexity index is 514. The van der Waals surface area contributed by atoms with Crippen molar-refractivity contribution in [1.82, 2.24) is 9.38 Å². The molecule has 0 aromatic carbocycles. The summed E-state index contributed by atoms with van der Waals surface area (Å²) in [6, 6.07) is 1.88. The number of fused-ring (bicyclic) bond motifs is 1. The zero-order valence-electron chi connectivity index (χ0n) is 8.60. The lowest BCUT2D eigenvalue weighted by Crippen LogP contribution is -1.95. The standard InChI is InChI=1S/C11H13N3O/c1-15-10-4-11-13-9(7-2-3-7)6-14(11)5-8(10)12/h4-7H,2-3,12H2,1H3. The Balaban J connectivity index is 2.16. The number of rotatable bonds is 2. The number of hydrogen-bond acceptors (Lipinski definition) is 3. The summed E-state index contributed by atoms with van der Waals surface area (Å²) in [6.45, 7) is 0. The summed E-state index contributed by atoms with van der Waals surface area (Å²) in [4.78, 5) is 4.55.